The molecule has 0 fully saturated rings. The molecule has 0 aliphatic heterocycles. The maximum absolute atomic E-state index is 10.8. The molecular weight excluding hydrogens is 242 g/mol. The van der Waals surface area contributed by atoms with Crippen molar-refractivity contribution in [2.45, 2.75) is 0 Å². The summed E-state index contributed by atoms with van der Waals surface area (Å²) in [4.78, 5) is 15.1. The Hall–Kier alpha value is -2.14. The van der Waals surface area contributed by atoms with Crippen molar-refractivity contribution >= 4 is 23.5 Å². The van der Waals surface area contributed by atoms with E-state index in [1.807, 2.05) is 0 Å². The van der Waals surface area contributed by atoms with Crippen LogP contribution < -0.4 is 0 Å². The highest BCUT2D eigenvalue weighted by molar-refractivity contribution is 6.28. The van der Waals surface area contributed by atoms with Crippen LogP contribution in [0.3, 0.4) is 0 Å². The van der Waals surface area contributed by atoms with Gasteiger partial charge >= 0.3 is 0 Å². The van der Waals surface area contributed by atoms with Crippen molar-refractivity contribution < 1.29 is 9.21 Å². The van der Waals surface area contributed by atoms with Gasteiger partial charge in [-0.15, -0.1) is 5.10 Å². The maximum atomic E-state index is 10.8. The van der Waals surface area contributed by atoms with Gasteiger partial charge in [0.1, 0.15) is 5.69 Å². The molecule has 3 rings (SSSR count). The van der Waals surface area contributed by atoms with E-state index in [9.17, 15) is 4.79 Å². The molecule has 0 saturated carbocycles. The monoisotopic (exact) mass is 247 g/mol. The van der Waals surface area contributed by atoms with Gasteiger partial charge < -0.3 is 4.42 Å². The molecule has 0 radical (unpaired) electrons. The van der Waals surface area contributed by atoms with Crippen molar-refractivity contribution in [2.24, 2.45) is 0 Å². The second-order valence-electron chi connectivity index (χ2n) is 3.38. The van der Waals surface area contributed by atoms with E-state index in [1.165, 1.54) is 4.52 Å². The first-order valence-corrected chi connectivity index (χ1v) is 5.22. The Bertz CT molecular complexity index is 702. The van der Waals surface area contributed by atoms with Crippen molar-refractivity contribution in [3.8, 4) is 11.6 Å². The number of aromatic nitrogens is 3. The van der Waals surface area contributed by atoms with Gasteiger partial charge in [-0.05, 0) is 35.9 Å². The zero-order valence-electron chi connectivity index (χ0n) is 8.50. The number of hydrogen-bond acceptors (Lipinski definition) is 4. The number of fused-ring (bicyclic) bond motifs is 1. The van der Waals surface area contributed by atoms with Crippen LogP contribution >= 0.6 is 11.6 Å². The number of hydrogen-bond donors (Lipinski definition) is 0. The van der Waals surface area contributed by atoms with Crippen LogP contribution in [0, 0.1) is 0 Å². The summed E-state index contributed by atoms with van der Waals surface area (Å²) in [5, 5.41) is 4.46. The summed E-state index contributed by atoms with van der Waals surface area (Å²) < 4.78 is 6.67. The first-order valence-electron chi connectivity index (χ1n) is 4.84. The molecule has 3 aromatic heterocycles. The molecule has 0 spiro atoms. The van der Waals surface area contributed by atoms with E-state index < -0.39 is 0 Å². The van der Waals surface area contributed by atoms with Gasteiger partial charge in [-0.3, -0.25) is 4.79 Å². The molecule has 0 aliphatic carbocycles. The average molecular weight is 248 g/mol. The van der Waals surface area contributed by atoms with Gasteiger partial charge in [0, 0.05) is 0 Å². The summed E-state index contributed by atoms with van der Waals surface area (Å²) in [6, 6.07) is 8.45. The van der Waals surface area contributed by atoms with E-state index >= 15 is 0 Å². The lowest BCUT2D eigenvalue weighted by atomic mass is 10.4. The topological polar surface area (TPSA) is 60.4 Å². The summed E-state index contributed by atoms with van der Waals surface area (Å²) in [6.45, 7) is 0. The van der Waals surface area contributed by atoms with Gasteiger partial charge in [0.2, 0.25) is 5.82 Å². The standard InChI is InChI=1S/C11H6ClN3O2/c12-9-5-4-8(17-9)11-13-10-3-1-2-7(6-16)15(10)14-11/h1-6H. The number of pyridine rings is 1. The largest absolute Gasteiger partial charge is 0.441 e. The molecule has 0 aromatic carbocycles. The number of halogens is 1. The van der Waals surface area contributed by atoms with Crippen LogP contribution in [0.25, 0.3) is 17.2 Å². The lowest BCUT2D eigenvalue weighted by Crippen LogP contribution is -1.95. The molecule has 0 saturated heterocycles. The van der Waals surface area contributed by atoms with E-state index in [0.717, 1.165) is 6.29 Å². The number of furan rings is 1. The lowest BCUT2D eigenvalue weighted by Gasteiger charge is -1.92. The Balaban J connectivity index is 2.23. The Labute approximate surface area is 101 Å². The molecule has 17 heavy (non-hydrogen) atoms. The molecule has 0 aliphatic rings. The molecule has 5 nitrogen and oxygen atoms in total. The predicted molar refractivity (Wildman–Crippen MR) is 61.1 cm³/mol. The van der Waals surface area contributed by atoms with Crippen LogP contribution in [0.1, 0.15) is 10.5 Å². The van der Waals surface area contributed by atoms with E-state index in [2.05, 4.69) is 10.1 Å². The Kier molecular flexibility index (Phi) is 2.19. The van der Waals surface area contributed by atoms with Crippen LogP contribution in [-0.4, -0.2) is 20.9 Å². The minimum absolute atomic E-state index is 0.273. The van der Waals surface area contributed by atoms with Crippen molar-refractivity contribution in [3.05, 3.63) is 41.2 Å². The van der Waals surface area contributed by atoms with Gasteiger partial charge in [0.05, 0.1) is 0 Å². The first-order chi connectivity index (χ1) is 8.28. The fourth-order valence-electron chi connectivity index (χ4n) is 1.55. The maximum Gasteiger partial charge on any atom is 0.217 e. The first kappa shape index (κ1) is 10.0. The number of aldehydes is 1. The van der Waals surface area contributed by atoms with Gasteiger partial charge in [0.15, 0.2) is 22.9 Å². The van der Waals surface area contributed by atoms with E-state index in [0.29, 0.717) is 22.9 Å². The van der Waals surface area contributed by atoms with E-state index in [4.69, 9.17) is 16.0 Å². The molecule has 0 amide bonds. The fraction of sp³-hybridized carbons (Fsp3) is 0. The van der Waals surface area contributed by atoms with Crippen LogP contribution in [0.15, 0.2) is 34.7 Å². The summed E-state index contributed by atoms with van der Waals surface area (Å²) in [5.41, 5.74) is 1.01. The Morgan fingerprint density at radius 2 is 2.18 bits per heavy atom. The van der Waals surface area contributed by atoms with Crippen molar-refractivity contribution in [3.63, 3.8) is 0 Å². The Morgan fingerprint density at radius 3 is 2.88 bits per heavy atom. The molecule has 6 heteroatoms. The third kappa shape index (κ3) is 1.60. The third-order valence-electron chi connectivity index (χ3n) is 2.30. The highest BCUT2D eigenvalue weighted by Crippen LogP contribution is 2.22. The second-order valence-corrected chi connectivity index (χ2v) is 3.75. The summed E-state index contributed by atoms with van der Waals surface area (Å²) in [5.74, 6) is 0.863. The highest BCUT2D eigenvalue weighted by Gasteiger charge is 2.11. The van der Waals surface area contributed by atoms with Crippen LogP contribution in [0.4, 0.5) is 0 Å². The van der Waals surface area contributed by atoms with Gasteiger partial charge in [-0.1, -0.05) is 6.07 Å². The van der Waals surface area contributed by atoms with Gasteiger partial charge in [0.25, 0.3) is 0 Å². The summed E-state index contributed by atoms with van der Waals surface area (Å²) >= 11 is 5.68. The molecule has 3 aromatic rings. The van der Waals surface area contributed by atoms with Gasteiger partial charge in [-0.25, -0.2) is 9.50 Å². The summed E-state index contributed by atoms with van der Waals surface area (Å²) in [6.07, 6.45) is 0.723. The number of nitrogens with zero attached hydrogens (tertiary/aromatic N) is 3. The van der Waals surface area contributed by atoms with Crippen molar-refractivity contribution in [1.82, 2.24) is 14.6 Å². The lowest BCUT2D eigenvalue weighted by molar-refractivity contribution is 0.111. The zero-order chi connectivity index (χ0) is 11.8. The van der Waals surface area contributed by atoms with E-state index in [1.54, 1.807) is 30.3 Å². The molecule has 0 N–H and O–H groups in total. The van der Waals surface area contributed by atoms with Crippen LogP contribution in [-0.2, 0) is 0 Å². The quantitative estimate of drug-likeness (QED) is 0.653. The summed E-state index contributed by atoms with van der Waals surface area (Å²) in [7, 11) is 0. The smallest absolute Gasteiger partial charge is 0.217 e. The predicted octanol–water partition coefficient (Wildman–Crippen LogP) is 2.46. The third-order valence-corrected chi connectivity index (χ3v) is 2.51. The number of carbonyl (C=O) groups excluding carboxylic acids is 1. The minimum Gasteiger partial charge on any atom is -0.441 e. The van der Waals surface area contributed by atoms with Crippen LogP contribution in [0.2, 0.25) is 5.22 Å². The fourth-order valence-corrected chi connectivity index (χ4v) is 1.70. The molecule has 84 valence electrons. The molecule has 0 atom stereocenters. The van der Waals surface area contributed by atoms with E-state index in [-0.39, 0.29) is 5.22 Å². The SMILES string of the molecule is O=Cc1cccc2nc(-c3ccc(Cl)o3)nn12. The zero-order valence-corrected chi connectivity index (χ0v) is 9.26. The Morgan fingerprint density at radius 1 is 1.29 bits per heavy atom. The highest BCUT2D eigenvalue weighted by atomic mass is 35.5. The van der Waals surface area contributed by atoms with Crippen molar-refractivity contribution in [2.75, 3.05) is 0 Å². The molecule has 3 heterocycles. The van der Waals surface area contributed by atoms with Gasteiger partial charge in [-0.2, -0.15) is 0 Å². The molecule has 0 bridgehead atoms. The number of carbonyl (C=O) groups is 1. The number of rotatable bonds is 2. The average Bonchev–Trinajstić information content (AvgIpc) is 2.93. The molecule has 0 unspecified atom stereocenters. The minimum atomic E-state index is 0.273. The normalized spacial score (nSPS) is 10.9. The van der Waals surface area contributed by atoms with Crippen LogP contribution in [0.5, 0.6) is 0 Å². The second kappa shape index (κ2) is 3.71. The van der Waals surface area contributed by atoms with Crippen molar-refractivity contribution in [1.29, 1.82) is 0 Å². The molecular formula is C11H6ClN3O2.